The summed E-state index contributed by atoms with van der Waals surface area (Å²) in [6.07, 6.45) is 0.819. The number of halogens is 2. The van der Waals surface area contributed by atoms with Gasteiger partial charge in [-0.2, -0.15) is 0 Å². The lowest BCUT2D eigenvalue weighted by Gasteiger charge is -2.20. The second-order valence-corrected chi connectivity index (χ2v) is 6.75. The smallest absolute Gasteiger partial charge is 0.305 e. The number of anilines is 1. The molecule has 0 saturated carbocycles. The Morgan fingerprint density at radius 1 is 1.41 bits per heavy atom. The molecule has 1 aromatic heterocycles. The summed E-state index contributed by atoms with van der Waals surface area (Å²) >= 11 is 13.1. The van der Waals surface area contributed by atoms with Gasteiger partial charge in [0, 0.05) is 29.5 Å². The van der Waals surface area contributed by atoms with Gasteiger partial charge in [-0.3, -0.25) is 9.59 Å². The van der Waals surface area contributed by atoms with Crippen molar-refractivity contribution in [2.75, 3.05) is 18.0 Å². The maximum Gasteiger partial charge on any atom is 0.305 e. The number of thiazole rings is 1. The zero-order valence-corrected chi connectivity index (χ0v) is 13.8. The van der Waals surface area contributed by atoms with Gasteiger partial charge in [0.2, 0.25) is 0 Å². The molecular formula is C14H13Cl2N3O2S. The van der Waals surface area contributed by atoms with E-state index in [0.29, 0.717) is 22.3 Å². The van der Waals surface area contributed by atoms with Crippen LogP contribution in [0.5, 0.6) is 0 Å². The summed E-state index contributed by atoms with van der Waals surface area (Å²) in [7, 11) is 0. The van der Waals surface area contributed by atoms with Crippen molar-refractivity contribution in [2.24, 2.45) is 0 Å². The minimum Gasteiger partial charge on any atom is -0.368 e. The van der Waals surface area contributed by atoms with Crippen LogP contribution in [0.25, 0.3) is 0 Å². The Balaban J connectivity index is 1.65. The van der Waals surface area contributed by atoms with Gasteiger partial charge < -0.3 is 15.2 Å². The lowest BCUT2D eigenvalue weighted by atomic mass is 10.2. The normalized spacial score (nSPS) is 17.7. The Kier molecular flexibility index (Phi) is 4.42. The lowest BCUT2D eigenvalue weighted by Crippen LogP contribution is -2.37. The number of hydrogen-bond donors (Lipinski definition) is 2. The van der Waals surface area contributed by atoms with E-state index in [1.165, 1.54) is 5.38 Å². The van der Waals surface area contributed by atoms with Crippen molar-refractivity contribution >= 4 is 46.1 Å². The third-order valence-electron chi connectivity index (χ3n) is 3.54. The Bertz CT molecular complexity index is 759. The molecule has 1 amide bonds. The summed E-state index contributed by atoms with van der Waals surface area (Å²) in [6.45, 7) is 1.47. The second kappa shape index (κ2) is 6.32. The van der Waals surface area contributed by atoms with Crippen molar-refractivity contribution < 1.29 is 4.79 Å². The maximum absolute atomic E-state index is 12.0. The highest BCUT2D eigenvalue weighted by Gasteiger charge is 2.26. The molecule has 0 bridgehead atoms. The summed E-state index contributed by atoms with van der Waals surface area (Å²) in [4.78, 5) is 27.5. The molecule has 0 aliphatic carbocycles. The number of benzene rings is 1. The number of aromatic amines is 1. The van der Waals surface area contributed by atoms with E-state index in [1.807, 2.05) is 6.07 Å². The van der Waals surface area contributed by atoms with Crippen LogP contribution < -0.4 is 15.1 Å². The molecule has 1 fully saturated rings. The predicted molar refractivity (Wildman–Crippen MR) is 89.5 cm³/mol. The van der Waals surface area contributed by atoms with Gasteiger partial charge in [-0.15, -0.1) is 0 Å². The van der Waals surface area contributed by atoms with E-state index in [2.05, 4.69) is 15.2 Å². The van der Waals surface area contributed by atoms with Crippen molar-refractivity contribution in [3.63, 3.8) is 0 Å². The highest BCUT2D eigenvalue weighted by molar-refractivity contribution is 7.07. The summed E-state index contributed by atoms with van der Waals surface area (Å²) < 4.78 is 0. The van der Waals surface area contributed by atoms with E-state index in [0.717, 1.165) is 30.0 Å². The molecular weight excluding hydrogens is 345 g/mol. The lowest BCUT2D eigenvalue weighted by molar-refractivity contribution is 0.0936. The van der Waals surface area contributed by atoms with Gasteiger partial charge in [-0.05, 0) is 24.6 Å². The Morgan fingerprint density at radius 2 is 2.23 bits per heavy atom. The van der Waals surface area contributed by atoms with Gasteiger partial charge in [-0.25, -0.2) is 0 Å². The standard InChI is InChI=1S/C14H13Cl2N3O2S/c15-8-1-2-12(10(16)5-8)19-4-3-9(6-19)17-13(20)11-7-22-14(21)18-11/h1-2,5,7,9H,3-4,6H2,(H,17,20)(H,18,21). The maximum atomic E-state index is 12.0. The Hall–Kier alpha value is -1.50. The molecule has 2 N–H and O–H groups in total. The average molecular weight is 358 g/mol. The van der Waals surface area contributed by atoms with Crippen molar-refractivity contribution in [1.29, 1.82) is 0 Å². The third-order valence-corrected chi connectivity index (χ3v) is 4.75. The van der Waals surface area contributed by atoms with Gasteiger partial charge in [0.1, 0.15) is 5.69 Å². The minimum atomic E-state index is -0.257. The molecule has 0 spiro atoms. The van der Waals surface area contributed by atoms with Gasteiger partial charge in [-0.1, -0.05) is 34.5 Å². The van der Waals surface area contributed by atoms with Crippen LogP contribution >= 0.6 is 34.5 Å². The number of nitrogens with one attached hydrogen (secondary N) is 2. The molecule has 116 valence electrons. The fraction of sp³-hybridized carbons (Fsp3) is 0.286. The molecule has 8 heteroatoms. The van der Waals surface area contributed by atoms with Crippen molar-refractivity contribution in [1.82, 2.24) is 10.3 Å². The third kappa shape index (κ3) is 3.29. The number of carbonyl (C=O) groups excluding carboxylic acids is 1. The molecule has 5 nitrogen and oxygen atoms in total. The van der Waals surface area contributed by atoms with Crippen LogP contribution in [0, 0.1) is 0 Å². The molecule has 0 radical (unpaired) electrons. The van der Waals surface area contributed by atoms with Crippen LogP contribution in [0.4, 0.5) is 5.69 Å². The molecule has 1 atom stereocenters. The highest BCUT2D eigenvalue weighted by atomic mass is 35.5. The average Bonchev–Trinajstić information content (AvgIpc) is 3.08. The van der Waals surface area contributed by atoms with Crippen LogP contribution in [-0.4, -0.2) is 30.0 Å². The predicted octanol–water partition coefficient (Wildman–Crippen LogP) is 2.75. The molecule has 1 aromatic carbocycles. The first-order chi connectivity index (χ1) is 10.5. The van der Waals surface area contributed by atoms with Crippen LogP contribution in [0.2, 0.25) is 10.0 Å². The van der Waals surface area contributed by atoms with Crippen LogP contribution in [0.3, 0.4) is 0 Å². The molecule has 22 heavy (non-hydrogen) atoms. The monoisotopic (exact) mass is 357 g/mol. The SMILES string of the molecule is O=C(NC1CCN(c2ccc(Cl)cc2Cl)C1)c1csc(=O)[nH]1. The first-order valence-corrected chi connectivity index (χ1v) is 8.35. The fourth-order valence-electron chi connectivity index (χ4n) is 2.49. The number of aromatic nitrogens is 1. The Labute approximate surface area is 140 Å². The fourth-order valence-corrected chi connectivity index (χ4v) is 3.58. The molecule has 1 aliphatic heterocycles. The zero-order valence-electron chi connectivity index (χ0n) is 11.4. The first-order valence-electron chi connectivity index (χ1n) is 6.71. The molecule has 1 aliphatic rings. The van der Waals surface area contributed by atoms with E-state index in [4.69, 9.17) is 23.2 Å². The first kappa shape index (κ1) is 15.4. The second-order valence-electron chi connectivity index (χ2n) is 5.06. The van der Waals surface area contributed by atoms with Gasteiger partial charge in [0.25, 0.3) is 5.91 Å². The van der Waals surface area contributed by atoms with Gasteiger partial charge in [0.15, 0.2) is 0 Å². The van der Waals surface area contributed by atoms with Crippen molar-refractivity contribution in [2.45, 2.75) is 12.5 Å². The van der Waals surface area contributed by atoms with E-state index < -0.39 is 0 Å². The van der Waals surface area contributed by atoms with E-state index in [9.17, 15) is 9.59 Å². The van der Waals surface area contributed by atoms with Crippen LogP contribution in [0.15, 0.2) is 28.4 Å². The number of amides is 1. The molecule has 1 unspecified atom stereocenters. The summed E-state index contributed by atoms with van der Waals surface area (Å²) in [5, 5.41) is 5.65. The molecule has 2 heterocycles. The quantitative estimate of drug-likeness (QED) is 0.887. The van der Waals surface area contributed by atoms with E-state index in [-0.39, 0.29) is 16.8 Å². The minimum absolute atomic E-state index is 0.0163. The number of hydrogen-bond acceptors (Lipinski definition) is 4. The summed E-state index contributed by atoms with van der Waals surface area (Å²) in [6, 6.07) is 5.40. The van der Waals surface area contributed by atoms with Crippen molar-refractivity contribution in [3.8, 4) is 0 Å². The molecule has 1 saturated heterocycles. The summed E-state index contributed by atoms with van der Waals surface area (Å²) in [5.41, 5.74) is 1.21. The number of carbonyl (C=O) groups is 1. The van der Waals surface area contributed by atoms with Crippen LogP contribution in [0.1, 0.15) is 16.9 Å². The van der Waals surface area contributed by atoms with E-state index >= 15 is 0 Å². The topological polar surface area (TPSA) is 65.2 Å². The largest absolute Gasteiger partial charge is 0.368 e. The van der Waals surface area contributed by atoms with Gasteiger partial charge in [0.05, 0.1) is 10.7 Å². The molecule has 3 rings (SSSR count). The highest BCUT2D eigenvalue weighted by Crippen LogP contribution is 2.31. The number of H-pyrrole nitrogens is 1. The van der Waals surface area contributed by atoms with Crippen molar-refractivity contribution in [3.05, 3.63) is 49.0 Å². The van der Waals surface area contributed by atoms with Gasteiger partial charge >= 0.3 is 4.87 Å². The summed E-state index contributed by atoms with van der Waals surface area (Å²) in [5.74, 6) is -0.257. The molecule has 2 aromatic rings. The van der Waals surface area contributed by atoms with E-state index in [1.54, 1.807) is 12.1 Å². The number of rotatable bonds is 3. The van der Waals surface area contributed by atoms with Crippen LogP contribution in [-0.2, 0) is 0 Å². The zero-order chi connectivity index (χ0) is 15.7. The Morgan fingerprint density at radius 3 is 2.91 bits per heavy atom. The number of nitrogens with zero attached hydrogens (tertiary/aromatic N) is 1.